The van der Waals surface area contributed by atoms with E-state index in [0.29, 0.717) is 24.5 Å². The Hall–Kier alpha value is -2.54. The smallest absolute Gasteiger partial charge is 0.156 e. The normalized spacial score (nSPS) is 9.89. The van der Waals surface area contributed by atoms with Crippen LogP contribution in [0.25, 0.3) is 0 Å². The summed E-state index contributed by atoms with van der Waals surface area (Å²) in [7, 11) is 0. The van der Waals surface area contributed by atoms with Gasteiger partial charge in [0.2, 0.25) is 0 Å². The Morgan fingerprint density at radius 2 is 2.05 bits per heavy atom. The largest absolute Gasteiger partial charge is 0.396 e. The fraction of sp³-hybridized carbons (Fsp3) is 0.200. The third kappa shape index (κ3) is 3.02. The molecule has 0 amide bonds. The third-order valence-electron chi connectivity index (χ3n) is 2.80. The van der Waals surface area contributed by atoms with E-state index in [-0.39, 0.29) is 0 Å². The second kappa shape index (κ2) is 5.87. The summed E-state index contributed by atoms with van der Waals surface area (Å²) in [6, 6.07) is 13.9. The van der Waals surface area contributed by atoms with E-state index in [4.69, 9.17) is 11.0 Å². The van der Waals surface area contributed by atoms with Gasteiger partial charge in [-0.15, -0.1) is 0 Å². The van der Waals surface area contributed by atoms with Crippen LogP contribution in [0.3, 0.4) is 0 Å². The average Bonchev–Trinajstić information content (AvgIpc) is 2.42. The summed E-state index contributed by atoms with van der Waals surface area (Å²) in [5.41, 5.74) is 8.68. The number of nitriles is 1. The number of hydrogen-bond donors (Lipinski definition) is 1. The van der Waals surface area contributed by atoms with E-state index < -0.39 is 0 Å². The second-order valence-corrected chi connectivity index (χ2v) is 4.32. The van der Waals surface area contributed by atoms with E-state index in [1.807, 2.05) is 48.2 Å². The van der Waals surface area contributed by atoms with Crippen molar-refractivity contribution in [2.45, 2.75) is 13.3 Å². The predicted octanol–water partition coefficient (Wildman–Crippen LogP) is 3.02. The van der Waals surface area contributed by atoms with Crippen molar-refractivity contribution < 1.29 is 0 Å². The van der Waals surface area contributed by atoms with E-state index in [1.165, 1.54) is 0 Å². The van der Waals surface area contributed by atoms with Gasteiger partial charge in [0.25, 0.3) is 0 Å². The molecule has 0 atom stereocenters. The highest BCUT2D eigenvalue weighted by Gasteiger charge is 2.13. The van der Waals surface area contributed by atoms with E-state index >= 15 is 0 Å². The third-order valence-corrected chi connectivity index (χ3v) is 2.80. The molecule has 0 aliphatic heterocycles. The van der Waals surface area contributed by atoms with Crippen molar-refractivity contribution in [3.05, 3.63) is 48.2 Å². The molecule has 1 aromatic carbocycles. The van der Waals surface area contributed by atoms with Gasteiger partial charge in [0.1, 0.15) is 0 Å². The molecule has 1 heterocycles. The van der Waals surface area contributed by atoms with Gasteiger partial charge in [-0.3, -0.25) is 0 Å². The maximum Gasteiger partial charge on any atom is 0.156 e. The lowest BCUT2D eigenvalue weighted by Crippen LogP contribution is -2.20. The van der Waals surface area contributed by atoms with Crippen LogP contribution in [0.1, 0.15) is 12.0 Å². The Kier molecular flexibility index (Phi) is 3.99. The summed E-state index contributed by atoms with van der Waals surface area (Å²) < 4.78 is 0. The molecule has 1 aromatic heterocycles. The molecular weight excluding hydrogens is 236 g/mol. The van der Waals surface area contributed by atoms with Crippen molar-refractivity contribution in [1.82, 2.24) is 4.98 Å². The fourth-order valence-corrected chi connectivity index (χ4v) is 1.94. The summed E-state index contributed by atoms with van der Waals surface area (Å²) in [5, 5.41) is 8.79. The molecule has 0 aliphatic carbocycles. The van der Waals surface area contributed by atoms with Gasteiger partial charge in [-0.25, -0.2) is 4.98 Å². The van der Waals surface area contributed by atoms with Gasteiger partial charge in [0.15, 0.2) is 5.82 Å². The van der Waals surface area contributed by atoms with Crippen LogP contribution in [0.4, 0.5) is 17.2 Å². The zero-order valence-corrected chi connectivity index (χ0v) is 10.9. The van der Waals surface area contributed by atoms with Crippen LogP contribution >= 0.6 is 0 Å². The van der Waals surface area contributed by atoms with Gasteiger partial charge < -0.3 is 10.6 Å². The van der Waals surface area contributed by atoms with Crippen molar-refractivity contribution in [2.24, 2.45) is 0 Å². The molecule has 4 heteroatoms. The molecule has 0 fully saturated rings. The first-order valence-corrected chi connectivity index (χ1v) is 6.14. The fourth-order valence-electron chi connectivity index (χ4n) is 1.94. The van der Waals surface area contributed by atoms with Gasteiger partial charge in [-0.2, -0.15) is 5.26 Å². The minimum Gasteiger partial charge on any atom is -0.396 e. The van der Waals surface area contributed by atoms with Crippen molar-refractivity contribution in [1.29, 1.82) is 5.26 Å². The first-order valence-electron chi connectivity index (χ1n) is 6.14. The van der Waals surface area contributed by atoms with Crippen molar-refractivity contribution in [2.75, 3.05) is 17.2 Å². The summed E-state index contributed by atoms with van der Waals surface area (Å²) in [5.74, 6) is 0.701. The number of para-hydroxylation sites is 1. The highest BCUT2D eigenvalue weighted by atomic mass is 15.2. The number of nitrogens with zero attached hydrogens (tertiary/aromatic N) is 3. The number of rotatable bonds is 4. The highest BCUT2D eigenvalue weighted by molar-refractivity contribution is 5.71. The van der Waals surface area contributed by atoms with Gasteiger partial charge in [0.05, 0.1) is 18.2 Å². The summed E-state index contributed by atoms with van der Waals surface area (Å²) in [6.45, 7) is 2.52. The van der Waals surface area contributed by atoms with Crippen LogP contribution in [0.5, 0.6) is 0 Å². The topological polar surface area (TPSA) is 65.9 Å². The molecular formula is C15H16N4. The number of nitrogen functional groups attached to an aromatic ring is 1. The summed E-state index contributed by atoms with van der Waals surface area (Å²) >= 11 is 0. The van der Waals surface area contributed by atoms with Gasteiger partial charge in [-0.1, -0.05) is 18.2 Å². The standard InChI is InChI=1S/C15H16N4/c1-12-10-14(17)15(18-11-12)19(9-5-8-16)13-6-3-2-4-7-13/h2-4,6-7,10-11H,5,9,17H2,1H3. The van der Waals surface area contributed by atoms with Crippen LogP contribution in [0, 0.1) is 18.3 Å². The maximum absolute atomic E-state index is 8.79. The lowest BCUT2D eigenvalue weighted by Gasteiger charge is -2.24. The lowest BCUT2D eigenvalue weighted by molar-refractivity contribution is 0.927. The molecule has 19 heavy (non-hydrogen) atoms. The highest BCUT2D eigenvalue weighted by Crippen LogP contribution is 2.28. The summed E-state index contributed by atoms with van der Waals surface area (Å²) in [4.78, 5) is 6.37. The number of benzene rings is 1. The van der Waals surface area contributed by atoms with Crippen molar-refractivity contribution >= 4 is 17.2 Å². The Morgan fingerprint density at radius 3 is 2.68 bits per heavy atom. The number of aromatic nitrogens is 1. The first-order chi connectivity index (χ1) is 9.22. The molecule has 0 spiro atoms. The number of nitrogens with two attached hydrogens (primary N) is 1. The minimum absolute atomic E-state index is 0.421. The van der Waals surface area contributed by atoms with E-state index in [0.717, 1.165) is 11.3 Å². The van der Waals surface area contributed by atoms with Crippen LogP contribution in [0.2, 0.25) is 0 Å². The van der Waals surface area contributed by atoms with E-state index in [2.05, 4.69) is 11.1 Å². The average molecular weight is 252 g/mol. The van der Waals surface area contributed by atoms with Crippen LogP contribution < -0.4 is 10.6 Å². The quantitative estimate of drug-likeness (QED) is 0.908. The molecule has 0 aliphatic rings. The SMILES string of the molecule is Cc1cnc(N(CCC#N)c2ccccc2)c(N)c1. The zero-order chi connectivity index (χ0) is 13.7. The molecule has 2 rings (SSSR count). The Morgan fingerprint density at radius 1 is 1.32 bits per heavy atom. The number of anilines is 3. The molecule has 0 unspecified atom stereocenters. The molecule has 0 bridgehead atoms. The number of pyridine rings is 1. The number of aryl methyl sites for hydroxylation is 1. The molecule has 0 saturated carbocycles. The van der Waals surface area contributed by atoms with Gasteiger partial charge >= 0.3 is 0 Å². The maximum atomic E-state index is 8.79. The molecule has 0 saturated heterocycles. The lowest BCUT2D eigenvalue weighted by atomic mass is 10.2. The molecule has 4 nitrogen and oxygen atoms in total. The monoisotopic (exact) mass is 252 g/mol. The molecule has 2 N–H and O–H groups in total. The van der Waals surface area contributed by atoms with Gasteiger partial charge in [0, 0.05) is 18.4 Å². The number of hydrogen-bond acceptors (Lipinski definition) is 4. The van der Waals surface area contributed by atoms with Crippen LogP contribution in [0.15, 0.2) is 42.6 Å². The minimum atomic E-state index is 0.421. The van der Waals surface area contributed by atoms with E-state index in [1.54, 1.807) is 6.20 Å². The first kappa shape index (κ1) is 12.9. The van der Waals surface area contributed by atoms with Crippen molar-refractivity contribution in [3.8, 4) is 6.07 Å². The molecule has 0 radical (unpaired) electrons. The van der Waals surface area contributed by atoms with Crippen molar-refractivity contribution in [3.63, 3.8) is 0 Å². The predicted molar refractivity (Wildman–Crippen MR) is 77.1 cm³/mol. The molecule has 96 valence electrons. The van der Waals surface area contributed by atoms with Gasteiger partial charge in [-0.05, 0) is 30.7 Å². The van der Waals surface area contributed by atoms with Crippen LogP contribution in [-0.4, -0.2) is 11.5 Å². The Balaban J connectivity index is 2.40. The second-order valence-electron chi connectivity index (χ2n) is 4.32. The Bertz CT molecular complexity index is 587. The Labute approximate surface area is 113 Å². The van der Waals surface area contributed by atoms with E-state index in [9.17, 15) is 0 Å². The summed E-state index contributed by atoms with van der Waals surface area (Å²) in [6.07, 6.45) is 2.21. The zero-order valence-electron chi connectivity index (χ0n) is 10.9. The van der Waals surface area contributed by atoms with Crippen LogP contribution in [-0.2, 0) is 0 Å². The molecule has 2 aromatic rings.